The van der Waals surface area contributed by atoms with E-state index in [-0.39, 0.29) is 6.42 Å². The highest BCUT2D eigenvalue weighted by Gasteiger charge is 2.19. The van der Waals surface area contributed by atoms with E-state index in [1.54, 1.807) is 55.3 Å². The number of aromatic nitrogens is 2. The second kappa shape index (κ2) is 8.18. The summed E-state index contributed by atoms with van der Waals surface area (Å²) in [7, 11) is 3.20. The average molecular weight is 346 g/mol. The lowest BCUT2D eigenvalue weighted by molar-refractivity contribution is -0.137. The summed E-state index contributed by atoms with van der Waals surface area (Å²) in [4.78, 5) is 24.4. The average Bonchev–Trinajstić information content (AvgIpc) is 3.02. The number of rotatable bonds is 7. The normalized spacial score (nSPS) is 11.6. The van der Waals surface area contributed by atoms with Crippen molar-refractivity contribution < 1.29 is 19.4 Å². The van der Waals surface area contributed by atoms with Gasteiger partial charge in [0.05, 0.1) is 6.20 Å². The highest BCUT2D eigenvalue weighted by atomic mass is 16.6. The van der Waals surface area contributed by atoms with Crippen LogP contribution >= 0.6 is 0 Å². The summed E-state index contributed by atoms with van der Waals surface area (Å²) in [5, 5.41) is 16.6. The molecule has 1 atom stereocenters. The molecule has 25 heavy (non-hydrogen) atoms. The number of aryl methyl sites for hydroxylation is 1. The first-order valence-corrected chi connectivity index (χ1v) is 7.90. The van der Waals surface area contributed by atoms with Crippen LogP contribution in [0.1, 0.15) is 12.5 Å². The molecule has 1 amide bonds. The van der Waals surface area contributed by atoms with Gasteiger partial charge >= 0.3 is 12.1 Å². The molecular weight excluding hydrogens is 324 g/mol. The smallest absolute Gasteiger partial charge is 0.414 e. The highest BCUT2D eigenvalue weighted by molar-refractivity contribution is 5.77. The summed E-state index contributed by atoms with van der Waals surface area (Å²) in [6.45, 7) is 2.58. The van der Waals surface area contributed by atoms with Crippen molar-refractivity contribution in [1.82, 2.24) is 14.7 Å². The third-order valence-electron chi connectivity index (χ3n) is 3.57. The Balaban J connectivity index is 2.04. The van der Waals surface area contributed by atoms with E-state index in [1.165, 1.54) is 4.90 Å². The van der Waals surface area contributed by atoms with Gasteiger partial charge in [-0.3, -0.25) is 4.68 Å². The number of amides is 1. The molecule has 0 aliphatic heterocycles. The van der Waals surface area contributed by atoms with Gasteiger partial charge in [-0.15, -0.1) is 0 Å². The van der Waals surface area contributed by atoms with Gasteiger partial charge in [-0.2, -0.15) is 5.10 Å². The number of anilines is 1. The van der Waals surface area contributed by atoms with Crippen LogP contribution in [0, 0.1) is 0 Å². The van der Waals surface area contributed by atoms with Crippen LogP contribution in [0.3, 0.4) is 0 Å². The number of carboxylic acids is 1. The van der Waals surface area contributed by atoms with Gasteiger partial charge in [0, 0.05) is 33.1 Å². The van der Waals surface area contributed by atoms with Crippen molar-refractivity contribution in [3.8, 4) is 5.75 Å². The van der Waals surface area contributed by atoms with Crippen LogP contribution in [0.2, 0.25) is 0 Å². The lowest BCUT2D eigenvalue weighted by Gasteiger charge is -2.17. The van der Waals surface area contributed by atoms with E-state index in [4.69, 9.17) is 4.74 Å². The second-order valence-corrected chi connectivity index (χ2v) is 5.68. The molecule has 0 aliphatic carbocycles. The van der Waals surface area contributed by atoms with Crippen molar-refractivity contribution >= 4 is 17.9 Å². The number of nitrogens with one attached hydrogen (secondary N) is 1. The molecule has 0 fully saturated rings. The Labute approximate surface area is 146 Å². The number of hydrogen-bond donors (Lipinski definition) is 2. The zero-order valence-electron chi connectivity index (χ0n) is 14.5. The molecule has 0 radical (unpaired) electrons. The lowest BCUT2D eigenvalue weighted by atomic mass is 10.1. The number of carbonyl (C=O) groups excluding carboxylic acids is 1. The van der Waals surface area contributed by atoms with Crippen LogP contribution < -0.4 is 10.1 Å². The molecule has 0 saturated carbocycles. The SMILES string of the molecule is CCn1nccc1N[C@@H](Cc1ccc(OC(=O)N(C)C)cc1)C(=O)O. The van der Waals surface area contributed by atoms with Gasteiger partial charge in [0.2, 0.25) is 0 Å². The van der Waals surface area contributed by atoms with Crippen LogP contribution in [0.25, 0.3) is 0 Å². The maximum Gasteiger partial charge on any atom is 0.414 e. The monoisotopic (exact) mass is 346 g/mol. The van der Waals surface area contributed by atoms with Crippen molar-refractivity contribution in [2.24, 2.45) is 0 Å². The Kier molecular flexibility index (Phi) is 5.99. The predicted molar refractivity (Wildman–Crippen MR) is 92.8 cm³/mol. The minimum absolute atomic E-state index is 0.284. The fourth-order valence-corrected chi connectivity index (χ4v) is 2.21. The molecule has 1 heterocycles. The quantitative estimate of drug-likeness (QED) is 0.797. The minimum atomic E-state index is -0.952. The zero-order valence-corrected chi connectivity index (χ0v) is 14.5. The summed E-state index contributed by atoms with van der Waals surface area (Å²) < 4.78 is 6.84. The fourth-order valence-electron chi connectivity index (χ4n) is 2.21. The molecule has 2 aromatic rings. The van der Waals surface area contributed by atoms with Crippen LogP contribution in [-0.4, -0.2) is 52.0 Å². The fraction of sp³-hybridized carbons (Fsp3) is 0.353. The topological polar surface area (TPSA) is 96.7 Å². The number of benzene rings is 1. The zero-order chi connectivity index (χ0) is 18.4. The molecule has 8 heteroatoms. The van der Waals surface area contributed by atoms with Crippen molar-refractivity contribution in [3.63, 3.8) is 0 Å². The first-order chi connectivity index (χ1) is 11.9. The van der Waals surface area contributed by atoms with E-state index >= 15 is 0 Å². The molecule has 134 valence electrons. The Morgan fingerprint density at radius 1 is 1.28 bits per heavy atom. The number of carbonyl (C=O) groups is 2. The summed E-state index contributed by atoms with van der Waals surface area (Å²) in [5.41, 5.74) is 0.812. The van der Waals surface area contributed by atoms with Gasteiger partial charge in [-0.1, -0.05) is 12.1 Å². The Morgan fingerprint density at radius 2 is 1.96 bits per heavy atom. The standard InChI is InChI=1S/C17H22N4O4/c1-4-21-15(9-10-18-21)19-14(16(22)23)11-12-5-7-13(8-6-12)25-17(24)20(2)3/h5-10,14,19H,4,11H2,1-3H3,(H,22,23)/t14-/m0/s1. The van der Waals surface area contributed by atoms with Gasteiger partial charge in [0.15, 0.2) is 0 Å². The van der Waals surface area contributed by atoms with E-state index in [0.29, 0.717) is 18.1 Å². The van der Waals surface area contributed by atoms with Crippen molar-refractivity contribution in [2.75, 3.05) is 19.4 Å². The summed E-state index contributed by atoms with van der Waals surface area (Å²) in [6, 6.07) is 7.72. The van der Waals surface area contributed by atoms with E-state index in [0.717, 1.165) is 5.56 Å². The molecule has 2 rings (SSSR count). The molecular formula is C17H22N4O4. The summed E-state index contributed by atoms with van der Waals surface area (Å²) >= 11 is 0. The maximum atomic E-state index is 11.6. The summed E-state index contributed by atoms with van der Waals surface area (Å²) in [6.07, 6.45) is 1.44. The first-order valence-electron chi connectivity index (χ1n) is 7.90. The van der Waals surface area contributed by atoms with Gasteiger partial charge in [0.25, 0.3) is 0 Å². The summed E-state index contributed by atoms with van der Waals surface area (Å²) in [5.74, 6) is 0.116. The lowest BCUT2D eigenvalue weighted by Crippen LogP contribution is -2.32. The van der Waals surface area contributed by atoms with Gasteiger partial charge < -0.3 is 20.1 Å². The number of hydrogen-bond acceptors (Lipinski definition) is 5. The van der Waals surface area contributed by atoms with Crippen LogP contribution in [0.15, 0.2) is 36.5 Å². The van der Waals surface area contributed by atoms with Gasteiger partial charge in [0.1, 0.15) is 17.6 Å². The van der Waals surface area contributed by atoms with Gasteiger partial charge in [-0.25, -0.2) is 9.59 Å². The Bertz CT molecular complexity index is 725. The van der Waals surface area contributed by atoms with Crippen molar-refractivity contribution in [1.29, 1.82) is 0 Å². The molecule has 1 aromatic heterocycles. The number of aliphatic carboxylic acids is 1. The van der Waals surface area contributed by atoms with E-state index in [9.17, 15) is 14.7 Å². The van der Waals surface area contributed by atoms with E-state index in [2.05, 4.69) is 10.4 Å². The van der Waals surface area contributed by atoms with Gasteiger partial charge in [-0.05, 0) is 24.6 Å². The number of ether oxygens (including phenoxy) is 1. The molecule has 0 spiro atoms. The third-order valence-corrected chi connectivity index (χ3v) is 3.57. The molecule has 0 bridgehead atoms. The largest absolute Gasteiger partial charge is 0.480 e. The van der Waals surface area contributed by atoms with Crippen molar-refractivity contribution in [2.45, 2.75) is 25.9 Å². The molecule has 0 saturated heterocycles. The van der Waals surface area contributed by atoms with Crippen molar-refractivity contribution in [3.05, 3.63) is 42.1 Å². The Hall–Kier alpha value is -3.03. The van der Waals surface area contributed by atoms with Crippen LogP contribution in [-0.2, 0) is 17.8 Å². The highest BCUT2D eigenvalue weighted by Crippen LogP contribution is 2.16. The second-order valence-electron chi connectivity index (χ2n) is 5.68. The predicted octanol–water partition coefficient (Wildman–Crippen LogP) is 2.07. The number of carboxylic acid groups (broad SMARTS) is 1. The number of nitrogens with zero attached hydrogens (tertiary/aromatic N) is 3. The Morgan fingerprint density at radius 3 is 2.52 bits per heavy atom. The van der Waals surface area contributed by atoms with E-state index < -0.39 is 18.1 Å². The molecule has 8 nitrogen and oxygen atoms in total. The van der Waals surface area contributed by atoms with Crippen LogP contribution in [0.5, 0.6) is 5.75 Å². The molecule has 0 aliphatic rings. The van der Waals surface area contributed by atoms with Crippen LogP contribution in [0.4, 0.5) is 10.6 Å². The van der Waals surface area contributed by atoms with E-state index in [1.807, 2.05) is 6.92 Å². The minimum Gasteiger partial charge on any atom is -0.480 e. The molecule has 2 N–H and O–H groups in total. The third kappa shape index (κ3) is 4.97. The molecule has 1 aromatic carbocycles. The first kappa shape index (κ1) is 18.3. The maximum absolute atomic E-state index is 11.6. The molecule has 0 unspecified atom stereocenters.